The van der Waals surface area contributed by atoms with Crippen LogP contribution < -0.4 is 4.90 Å². The summed E-state index contributed by atoms with van der Waals surface area (Å²) in [7, 11) is 0. The number of hydrogen-bond acceptors (Lipinski definition) is 4. The van der Waals surface area contributed by atoms with Crippen molar-refractivity contribution in [3.8, 4) is 0 Å². The lowest BCUT2D eigenvalue weighted by Crippen LogP contribution is -2.27. The first kappa shape index (κ1) is 18.5. The van der Waals surface area contributed by atoms with Crippen LogP contribution in [-0.2, 0) is 9.53 Å². The first-order valence-electron chi connectivity index (χ1n) is 8.26. The Morgan fingerprint density at radius 1 is 0.962 bits per heavy atom. The predicted octanol–water partition coefficient (Wildman–Crippen LogP) is 4.32. The summed E-state index contributed by atoms with van der Waals surface area (Å²) >= 11 is 11.7. The van der Waals surface area contributed by atoms with Gasteiger partial charge >= 0.3 is 5.97 Å². The van der Waals surface area contributed by atoms with Crippen molar-refractivity contribution in [1.29, 1.82) is 0 Å². The topological polar surface area (TPSA) is 41.9 Å². The minimum atomic E-state index is -0.446. The van der Waals surface area contributed by atoms with Gasteiger partial charge < -0.3 is 9.64 Å². The van der Waals surface area contributed by atoms with Crippen LogP contribution in [0.3, 0.4) is 0 Å². The molecule has 134 valence electrons. The van der Waals surface area contributed by atoms with Gasteiger partial charge in [0.2, 0.25) is 5.90 Å². The summed E-state index contributed by atoms with van der Waals surface area (Å²) in [5.41, 5.74) is 2.97. The van der Waals surface area contributed by atoms with Gasteiger partial charge in [-0.1, -0.05) is 30.3 Å². The fourth-order valence-corrected chi connectivity index (χ4v) is 3.03. The van der Waals surface area contributed by atoms with E-state index in [1.807, 2.05) is 54.6 Å². The molecule has 0 radical (unpaired) electrons. The van der Waals surface area contributed by atoms with Crippen LogP contribution in [0.1, 0.15) is 11.1 Å². The summed E-state index contributed by atoms with van der Waals surface area (Å²) in [4.78, 5) is 18.5. The summed E-state index contributed by atoms with van der Waals surface area (Å²) in [5.74, 6) is 0.949. The lowest BCUT2D eigenvalue weighted by atomic mass is 10.1. The Hall–Kier alpha value is -2.30. The zero-order valence-electron chi connectivity index (χ0n) is 14.1. The van der Waals surface area contributed by atoms with E-state index in [2.05, 4.69) is 9.89 Å². The number of esters is 1. The average molecular weight is 389 g/mol. The highest BCUT2D eigenvalue weighted by molar-refractivity contribution is 6.18. The molecule has 0 aliphatic carbocycles. The van der Waals surface area contributed by atoms with E-state index in [0.717, 1.165) is 29.9 Å². The SMILES string of the molecule is O=C1OC(c2ccccc2)=NC1=Cc1ccc(N(CCCl)CCCl)cc1. The van der Waals surface area contributed by atoms with Gasteiger partial charge in [0.1, 0.15) is 0 Å². The number of hydrogen-bond donors (Lipinski definition) is 0. The maximum atomic E-state index is 12.1. The molecule has 0 unspecified atom stereocenters. The normalized spacial score (nSPS) is 15.1. The fourth-order valence-electron chi connectivity index (χ4n) is 2.63. The minimum absolute atomic E-state index is 0.287. The molecule has 6 heteroatoms. The number of nitrogens with zero attached hydrogens (tertiary/aromatic N) is 2. The number of benzene rings is 2. The first-order chi connectivity index (χ1) is 12.7. The Bertz CT molecular complexity index is 811. The summed E-state index contributed by atoms with van der Waals surface area (Å²) in [6.07, 6.45) is 1.72. The van der Waals surface area contributed by atoms with Crippen molar-refractivity contribution in [3.05, 3.63) is 71.4 Å². The van der Waals surface area contributed by atoms with Crippen LogP contribution in [0.2, 0.25) is 0 Å². The standard InChI is InChI=1S/C20H18Cl2N2O2/c21-10-12-24(13-11-22)17-8-6-15(7-9-17)14-18-20(25)26-19(23-18)16-4-2-1-3-5-16/h1-9,14H,10-13H2. The second-order valence-corrected chi connectivity index (χ2v) is 6.41. The third-order valence-corrected chi connectivity index (χ3v) is 4.25. The van der Waals surface area contributed by atoms with Gasteiger partial charge in [-0.3, -0.25) is 0 Å². The van der Waals surface area contributed by atoms with Crippen molar-refractivity contribution >= 4 is 46.8 Å². The Kier molecular flexibility index (Phi) is 6.31. The monoisotopic (exact) mass is 388 g/mol. The molecule has 0 N–H and O–H groups in total. The van der Waals surface area contributed by atoms with Crippen LogP contribution in [0, 0.1) is 0 Å². The van der Waals surface area contributed by atoms with E-state index in [-0.39, 0.29) is 5.70 Å². The second kappa shape index (κ2) is 8.88. The molecule has 4 nitrogen and oxygen atoms in total. The quantitative estimate of drug-likeness (QED) is 0.403. The van der Waals surface area contributed by atoms with Gasteiger partial charge in [-0.05, 0) is 35.9 Å². The van der Waals surface area contributed by atoms with Gasteiger partial charge in [0.05, 0.1) is 0 Å². The van der Waals surface area contributed by atoms with E-state index < -0.39 is 5.97 Å². The van der Waals surface area contributed by atoms with Gasteiger partial charge in [0.25, 0.3) is 0 Å². The zero-order chi connectivity index (χ0) is 18.4. The molecule has 0 saturated heterocycles. The number of anilines is 1. The van der Waals surface area contributed by atoms with Crippen molar-refractivity contribution in [2.75, 3.05) is 29.7 Å². The Labute approximate surface area is 162 Å². The molecule has 0 amide bonds. The zero-order valence-corrected chi connectivity index (χ0v) is 15.6. The summed E-state index contributed by atoms with van der Waals surface area (Å²) < 4.78 is 5.26. The number of alkyl halides is 2. The van der Waals surface area contributed by atoms with E-state index in [0.29, 0.717) is 17.7 Å². The van der Waals surface area contributed by atoms with Gasteiger partial charge in [-0.25, -0.2) is 9.79 Å². The van der Waals surface area contributed by atoms with Crippen LogP contribution >= 0.6 is 23.2 Å². The first-order valence-corrected chi connectivity index (χ1v) is 9.33. The molecule has 0 aromatic heterocycles. The number of carbonyl (C=O) groups excluding carboxylic acids is 1. The molecule has 1 heterocycles. The molecular weight excluding hydrogens is 371 g/mol. The molecule has 0 spiro atoms. The number of rotatable bonds is 7. The second-order valence-electron chi connectivity index (χ2n) is 5.66. The van der Waals surface area contributed by atoms with Gasteiger partial charge in [0, 0.05) is 36.1 Å². The molecule has 1 aliphatic rings. The van der Waals surface area contributed by atoms with Crippen molar-refractivity contribution in [2.24, 2.45) is 4.99 Å². The Morgan fingerprint density at radius 2 is 1.62 bits per heavy atom. The van der Waals surface area contributed by atoms with Crippen molar-refractivity contribution < 1.29 is 9.53 Å². The number of halogens is 2. The van der Waals surface area contributed by atoms with E-state index in [1.165, 1.54) is 0 Å². The van der Waals surface area contributed by atoms with Gasteiger partial charge in [-0.2, -0.15) is 0 Å². The molecule has 26 heavy (non-hydrogen) atoms. The maximum Gasteiger partial charge on any atom is 0.363 e. The molecular formula is C20H18Cl2N2O2. The molecule has 2 aromatic rings. The summed E-state index contributed by atoms with van der Waals surface area (Å²) in [6, 6.07) is 17.2. The van der Waals surface area contributed by atoms with Crippen LogP contribution in [-0.4, -0.2) is 36.7 Å². The molecule has 2 aromatic carbocycles. The fraction of sp³-hybridized carbons (Fsp3) is 0.200. The Morgan fingerprint density at radius 3 is 2.23 bits per heavy atom. The Balaban J connectivity index is 1.79. The minimum Gasteiger partial charge on any atom is -0.402 e. The molecule has 0 saturated carbocycles. The summed E-state index contributed by atoms with van der Waals surface area (Å²) in [5, 5.41) is 0. The third-order valence-electron chi connectivity index (χ3n) is 3.91. The summed E-state index contributed by atoms with van der Waals surface area (Å²) in [6.45, 7) is 1.46. The lowest BCUT2D eigenvalue weighted by molar-refractivity contribution is -0.129. The number of cyclic esters (lactones) is 1. The molecule has 1 aliphatic heterocycles. The van der Waals surface area contributed by atoms with Gasteiger partial charge in [-0.15, -0.1) is 23.2 Å². The highest BCUT2D eigenvalue weighted by Crippen LogP contribution is 2.21. The van der Waals surface area contributed by atoms with Gasteiger partial charge in [0.15, 0.2) is 5.70 Å². The van der Waals surface area contributed by atoms with Crippen LogP contribution in [0.4, 0.5) is 5.69 Å². The highest BCUT2D eigenvalue weighted by atomic mass is 35.5. The van der Waals surface area contributed by atoms with E-state index in [9.17, 15) is 4.79 Å². The van der Waals surface area contributed by atoms with Crippen molar-refractivity contribution in [3.63, 3.8) is 0 Å². The van der Waals surface area contributed by atoms with Crippen LogP contribution in [0.15, 0.2) is 65.3 Å². The molecule has 0 atom stereocenters. The molecule has 0 fully saturated rings. The van der Waals surface area contributed by atoms with Crippen molar-refractivity contribution in [1.82, 2.24) is 0 Å². The molecule has 3 rings (SSSR count). The number of aliphatic imine (C=N–C) groups is 1. The lowest BCUT2D eigenvalue weighted by Gasteiger charge is -2.22. The maximum absolute atomic E-state index is 12.1. The molecule has 0 bridgehead atoms. The largest absolute Gasteiger partial charge is 0.402 e. The van der Waals surface area contributed by atoms with Crippen LogP contribution in [0.25, 0.3) is 6.08 Å². The number of ether oxygens (including phenoxy) is 1. The smallest absolute Gasteiger partial charge is 0.363 e. The van der Waals surface area contributed by atoms with E-state index in [4.69, 9.17) is 27.9 Å². The average Bonchev–Trinajstić information content (AvgIpc) is 3.03. The highest BCUT2D eigenvalue weighted by Gasteiger charge is 2.23. The van der Waals surface area contributed by atoms with E-state index in [1.54, 1.807) is 6.08 Å². The third kappa shape index (κ3) is 4.45. The predicted molar refractivity (Wildman–Crippen MR) is 107 cm³/mol. The van der Waals surface area contributed by atoms with Crippen LogP contribution in [0.5, 0.6) is 0 Å². The van der Waals surface area contributed by atoms with E-state index >= 15 is 0 Å². The van der Waals surface area contributed by atoms with Crippen molar-refractivity contribution in [2.45, 2.75) is 0 Å². The number of carbonyl (C=O) groups is 1.